The summed E-state index contributed by atoms with van der Waals surface area (Å²) in [6, 6.07) is 12.5. The maximum absolute atomic E-state index is 11.6. The van der Waals surface area contributed by atoms with Gasteiger partial charge in [-0.05, 0) is 31.2 Å². The lowest BCUT2D eigenvalue weighted by atomic mass is 10.1. The van der Waals surface area contributed by atoms with Crippen molar-refractivity contribution in [2.75, 3.05) is 0 Å². The second-order valence-corrected chi connectivity index (χ2v) is 4.25. The summed E-state index contributed by atoms with van der Waals surface area (Å²) in [4.78, 5) is 15.9. The van der Waals surface area contributed by atoms with Crippen LogP contribution in [0.2, 0.25) is 0 Å². The summed E-state index contributed by atoms with van der Waals surface area (Å²) in [6.07, 6.45) is 0. The van der Waals surface area contributed by atoms with Gasteiger partial charge in [0.2, 0.25) is 5.89 Å². The number of carbonyl (C=O) groups excluding carboxylic acids is 1. The van der Waals surface area contributed by atoms with E-state index in [0.717, 1.165) is 5.56 Å². The van der Waals surface area contributed by atoms with Crippen LogP contribution in [-0.4, -0.2) is 15.9 Å². The molecule has 0 fully saturated rings. The molecule has 4 heteroatoms. The molecule has 94 valence electrons. The van der Waals surface area contributed by atoms with Gasteiger partial charge < -0.3 is 9.52 Å². The summed E-state index contributed by atoms with van der Waals surface area (Å²) < 4.78 is 5.63. The van der Waals surface area contributed by atoms with Crippen LogP contribution >= 0.6 is 0 Å². The van der Waals surface area contributed by atoms with Gasteiger partial charge in [-0.2, -0.15) is 0 Å². The van der Waals surface area contributed by atoms with Gasteiger partial charge in [0.05, 0.1) is 5.56 Å². The van der Waals surface area contributed by atoms with Gasteiger partial charge in [-0.1, -0.05) is 18.2 Å². The van der Waals surface area contributed by atoms with Gasteiger partial charge in [-0.25, -0.2) is 4.98 Å². The Hall–Kier alpha value is -2.62. The Morgan fingerprint density at radius 2 is 1.89 bits per heavy atom. The number of Topliss-reactive ketones (excluding diaryl/α,β-unsaturated/α-hetero) is 1. The maximum Gasteiger partial charge on any atom is 0.227 e. The Labute approximate surface area is 109 Å². The van der Waals surface area contributed by atoms with Crippen LogP contribution in [0, 0.1) is 0 Å². The molecule has 0 radical (unpaired) electrons. The monoisotopic (exact) mass is 253 g/mol. The number of ketones is 1. The van der Waals surface area contributed by atoms with Crippen molar-refractivity contribution in [3.05, 3.63) is 48.0 Å². The number of oxazole rings is 1. The molecule has 1 N–H and O–H groups in total. The van der Waals surface area contributed by atoms with Crippen molar-refractivity contribution in [2.45, 2.75) is 6.92 Å². The van der Waals surface area contributed by atoms with Crippen LogP contribution in [0.5, 0.6) is 5.75 Å². The number of fused-ring (bicyclic) bond motifs is 1. The predicted molar refractivity (Wildman–Crippen MR) is 71.1 cm³/mol. The number of hydrogen-bond acceptors (Lipinski definition) is 4. The molecule has 3 aromatic rings. The molecular formula is C15H11NO3. The zero-order valence-electron chi connectivity index (χ0n) is 10.3. The zero-order valence-corrected chi connectivity index (χ0v) is 10.3. The van der Waals surface area contributed by atoms with Crippen molar-refractivity contribution in [3.8, 4) is 17.2 Å². The minimum atomic E-state index is -0.240. The first kappa shape index (κ1) is 11.5. The molecule has 2 aromatic carbocycles. The predicted octanol–water partition coefficient (Wildman–Crippen LogP) is 3.40. The third-order valence-electron chi connectivity index (χ3n) is 2.91. The summed E-state index contributed by atoms with van der Waals surface area (Å²) in [5.74, 6) is 0.118. The molecule has 1 heterocycles. The molecule has 4 nitrogen and oxygen atoms in total. The topological polar surface area (TPSA) is 63.3 Å². The Kier molecular flexibility index (Phi) is 2.56. The summed E-state index contributed by atoms with van der Waals surface area (Å²) in [6.45, 7) is 1.39. The molecule has 0 atom stereocenters. The molecule has 0 spiro atoms. The minimum absolute atomic E-state index is 0.0760. The average molecular weight is 253 g/mol. The van der Waals surface area contributed by atoms with Gasteiger partial charge in [-0.3, -0.25) is 4.79 Å². The van der Waals surface area contributed by atoms with E-state index >= 15 is 0 Å². The lowest BCUT2D eigenvalue weighted by molar-refractivity contribution is 0.101. The Morgan fingerprint density at radius 1 is 1.16 bits per heavy atom. The van der Waals surface area contributed by atoms with E-state index in [1.54, 1.807) is 6.07 Å². The number of carbonyl (C=O) groups is 1. The van der Waals surface area contributed by atoms with Gasteiger partial charge in [0, 0.05) is 5.56 Å². The number of nitrogens with zero attached hydrogens (tertiary/aromatic N) is 1. The lowest BCUT2D eigenvalue weighted by Gasteiger charge is -1.98. The quantitative estimate of drug-likeness (QED) is 0.711. The number of hydrogen-bond donors (Lipinski definition) is 1. The summed E-state index contributed by atoms with van der Waals surface area (Å²) in [5.41, 5.74) is 1.91. The number of rotatable bonds is 2. The normalized spacial score (nSPS) is 10.8. The Balaban J connectivity index is 2.27. The van der Waals surface area contributed by atoms with Crippen LogP contribution in [0.3, 0.4) is 0 Å². The minimum Gasteiger partial charge on any atom is -0.507 e. The number of benzene rings is 2. The molecule has 0 saturated heterocycles. The Bertz CT molecular complexity index is 760. The molecule has 0 amide bonds. The zero-order chi connectivity index (χ0) is 13.4. The van der Waals surface area contributed by atoms with E-state index in [0.29, 0.717) is 17.0 Å². The fourth-order valence-corrected chi connectivity index (χ4v) is 2.03. The number of phenolic OH excluding ortho intramolecular Hbond substituents is 1. The van der Waals surface area contributed by atoms with Crippen LogP contribution in [0.25, 0.3) is 22.6 Å². The highest BCUT2D eigenvalue weighted by Crippen LogP contribution is 2.30. The summed E-state index contributed by atoms with van der Waals surface area (Å²) in [5, 5.41) is 9.76. The van der Waals surface area contributed by atoms with Crippen LogP contribution in [0.15, 0.2) is 46.9 Å². The molecule has 3 rings (SSSR count). The van der Waals surface area contributed by atoms with Gasteiger partial charge in [-0.15, -0.1) is 0 Å². The van der Waals surface area contributed by atoms with E-state index in [2.05, 4.69) is 4.98 Å². The molecular weight excluding hydrogens is 242 g/mol. The average Bonchev–Trinajstić information content (AvgIpc) is 2.83. The third-order valence-corrected chi connectivity index (χ3v) is 2.91. The standard InChI is InChI=1S/C15H11NO3/c1-9(17)13-11(18)7-8-12-14(13)16-15(19-12)10-5-3-2-4-6-10/h2-8,18H,1H3. The number of phenols is 1. The molecule has 0 aliphatic carbocycles. The van der Waals surface area contributed by atoms with E-state index in [-0.39, 0.29) is 17.1 Å². The van der Waals surface area contributed by atoms with Gasteiger partial charge in [0.25, 0.3) is 0 Å². The molecule has 1 aromatic heterocycles. The second-order valence-electron chi connectivity index (χ2n) is 4.25. The van der Waals surface area contributed by atoms with Crippen molar-refractivity contribution in [2.24, 2.45) is 0 Å². The highest BCUT2D eigenvalue weighted by Gasteiger charge is 2.17. The van der Waals surface area contributed by atoms with E-state index in [4.69, 9.17) is 4.42 Å². The van der Waals surface area contributed by atoms with E-state index in [1.807, 2.05) is 30.3 Å². The highest BCUT2D eigenvalue weighted by molar-refractivity contribution is 6.07. The van der Waals surface area contributed by atoms with Crippen LogP contribution in [-0.2, 0) is 0 Å². The van der Waals surface area contributed by atoms with Crippen LogP contribution in [0.1, 0.15) is 17.3 Å². The van der Waals surface area contributed by atoms with Gasteiger partial charge in [0.15, 0.2) is 11.4 Å². The third kappa shape index (κ3) is 1.87. The molecule has 0 aliphatic heterocycles. The summed E-state index contributed by atoms with van der Waals surface area (Å²) >= 11 is 0. The Morgan fingerprint density at radius 3 is 2.58 bits per heavy atom. The van der Waals surface area contributed by atoms with Crippen LogP contribution in [0.4, 0.5) is 0 Å². The second kappa shape index (κ2) is 4.24. The highest BCUT2D eigenvalue weighted by atomic mass is 16.3. The van der Waals surface area contributed by atoms with Crippen molar-refractivity contribution in [1.82, 2.24) is 4.98 Å². The first-order valence-electron chi connectivity index (χ1n) is 5.85. The maximum atomic E-state index is 11.6. The first-order valence-corrected chi connectivity index (χ1v) is 5.85. The number of aromatic hydroxyl groups is 1. The van der Waals surface area contributed by atoms with E-state index in [9.17, 15) is 9.90 Å². The molecule has 0 saturated carbocycles. The molecule has 0 unspecified atom stereocenters. The van der Waals surface area contributed by atoms with Crippen molar-refractivity contribution >= 4 is 16.9 Å². The van der Waals surface area contributed by atoms with Crippen LogP contribution < -0.4 is 0 Å². The smallest absolute Gasteiger partial charge is 0.227 e. The van der Waals surface area contributed by atoms with Gasteiger partial charge >= 0.3 is 0 Å². The molecule has 19 heavy (non-hydrogen) atoms. The SMILES string of the molecule is CC(=O)c1c(O)ccc2oc(-c3ccccc3)nc12. The van der Waals surface area contributed by atoms with Gasteiger partial charge in [0.1, 0.15) is 11.3 Å². The fraction of sp³-hybridized carbons (Fsp3) is 0.0667. The molecule has 0 aliphatic rings. The van der Waals surface area contributed by atoms with E-state index < -0.39 is 0 Å². The van der Waals surface area contributed by atoms with Crippen molar-refractivity contribution in [1.29, 1.82) is 0 Å². The number of aromatic nitrogens is 1. The first-order chi connectivity index (χ1) is 9.16. The fourth-order valence-electron chi connectivity index (χ4n) is 2.03. The van der Waals surface area contributed by atoms with Crippen molar-refractivity contribution < 1.29 is 14.3 Å². The largest absolute Gasteiger partial charge is 0.507 e. The van der Waals surface area contributed by atoms with E-state index in [1.165, 1.54) is 13.0 Å². The lowest BCUT2D eigenvalue weighted by Crippen LogP contribution is -1.94. The molecule has 0 bridgehead atoms. The summed E-state index contributed by atoms with van der Waals surface area (Å²) in [7, 11) is 0. The van der Waals surface area contributed by atoms with Crippen molar-refractivity contribution in [3.63, 3.8) is 0 Å².